The van der Waals surface area contributed by atoms with E-state index in [1.54, 1.807) is 13.8 Å². The van der Waals surface area contributed by atoms with Crippen molar-refractivity contribution in [1.29, 1.82) is 0 Å². The van der Waals surface area contributed by atoms with Crippen molar-refractivity contribution in [3.63, 3.8) is 0 Å². The molecule has 0 saturated carbocycles. The third-order valence-electron chi connectivity index (χ3n) is 1.61. The van der Waals surface area contributed by atoms with Crippen molar-refractivity contribution in [3.05, 3.63) is 0 Å². The second-order valence-corrected chi connectivity index (χ2v) is 2.51. The highest BCUT2D eigenvalue weighted by Crippen LogP contribution is 2.17. The van der Waals surface area contributed by atoms with Gasteiger partial charge in [0.1, 0.15) is 0 Å². The van der Waals surface area contributed by atoms with Gasteiger partial charge in [0.05, 0.1) is 5.92 Å². The second-order valence-electron chi connectivity index (χ2n) is 2.51. The van der Waals surface area contributed by atoms with E-state index >= 15 is 0 Å². The fourth-order valence-corrected chi connectivity index (χ4v) is 0.957. The molecule has 0 saturated heterocycles. The molecule has 0 radical (unpaired) electrons. The van der Waals surface area contributed by atoms with Crippen LogP contribution in [0.4, 0.5) is 8.78 Å². The molecule has 0 aliphatic carbocycles. The van der Waals surface area contributed by atoms with Gasteiger partial charge < -0.3 is 15.2 Å². The van der Waals surface area contributed by atoms with Crippen molar-refractivity contribution in [2.75, 3.05) is 19.8 Å². The number of nitrogens with two attached hydrogens (primary N) is 1. The maximum absolute atomic E-state index is 12.4. The lowest BCUT2D eigenvalue weighted by atomic mass is 10.1. The molecule has 0 aliphatic rings. The molecule has 0 rings (SSSR count). The molecular formula is C8H17F2NO2. The Morgan fingerprint density at radius 3 is 1.85 bits per heavy atom. The van der Waals surface area contributed by atoms with E-state index < -0.39 is 18.6 Å². The number of hydrogen-bond acceptors (Lipinski definition) is 3. The first-order chi connectivity index (χ1) is 6.17. The maximum Gasteiger partial charge on any atom is 0.247 e. The van der Waals surface area contributed by atoms with Crippen LogP contribution in [0.2, 0.25) is 0 Å². The molecule has 0 bridgehead atoms. The number of rotatable bonds is 7. The molecule has 1 unspecified atom stereocenters. The van der Waals surface area contributed by atoms with Gasteiger partial charge >= 0.3 is 0 Å². The van der Waals surface area contributed by atoms with Gasteiger partial charge in [-0.1, -0.05) is 0 Å². The smallest absolute Gasteiger partial charge is 0.247 e. The van der Waals surface area contributed by atoms with Crippen molar-refractivity contribution >= 4 is 0 Å². The van der Waals surface area contributed by atoms with E-state index in [2.05, 4.69) is 0 Å². The molecule has 0 amide bonds. The van der Waals surface area contributed by atoms with E-state index in [0.29, 0.717) is 13.2 Å². The highest BCUT2D eigenvalue weighted by Gasteiger charge is 2.29. The zero-order valence-corrected chi connectivity index (χ0v) is 8.00. The Kier molecular flexibility index (Phi) is 7.03. The van der Waals surface area contributed by atoms with Crippen LogP contribution in [0.15, 0.2) is 0 Å². The molecule has 0 aromatic carbocycles. The number of alkyl halides is 2. The fraction of sp³-hybridized carbons (Fsp3) is 1.00. The van der Waals surface area contributed by atoms with Crippen molar-refractivity contribution in [2.45, 2.75) is 26.6 Å². The lowest BCUT2D eigenvalue weighted by molar-refractivity contribution is -0.189. The van der Waals surface area contributed by atoms with Crippen LogP contribution in [0.25, 0.3) is 0 Å². The quantitative estimate of drug-likeness (QED) is 0.624. The Balaban J connectivity index is 4.11. The molecule has 2 N–H and O–H groups in total. The largest absolute Gasteiger partial charge is 0.352 e. The minimum atomic E-state index is -2.51. The lowest BCUT2D eigenvalue weighted by Gasteiger charge is -2.24. The minimum Gasteiger partial charge on any atom is -0.352 e. The van der Waals surface area contributed by atoms with Gasteiger partial charge in [0.25, 0.3) is 0 Å². The number of hydrogen-bond donors (Lipinski definition) is 1. The van der Waals surface area contributed by atoms with Gasteiger partial charge in [-0.25, -0.2) is 8.78 Å². The van der Waals surface area contributed by atoms with E-state index in [9.17, 15) is 8.78 Å². The Bertz CT molecular complexity index is 119. The van der Waals surface area contributed by atoms with Gasteiger partial charge in [0.15, 0.2) is 6.29 Å². The first-order valence-corrected chi connectivity index (χ1v) is 4.38. The van der Waals surface area contributed by atoms with Gasteiger partial charge in [-0.15, -0.1) is 0 Å². The van der Waals surface area contributed by atoms with Crippen molar-refractivity contribution in [1.82, 2.24) is 0 Å². The highest BCUT2D eigenvalue weighted by molar-refractivity contribution is 4.66. The standard InChI is InChI=1S/C8H17F2NO2/c1-3-12-8(13-4-2)6(5-11)7(9)10/h6-8H,3-5,11H2,1-2H3. The van der Waals surface area contributed by atoms with Crippen LogP contribution in [0.5, 0.6) is 0 Å². The summed E-state index contributed by atoms with van der Waals surface area (Å²) in [5.41, 5.74) is 5.20. The topological polar surface area (TPSA) is 44.5 Å². The molecule has 0 fully saturated rings. The van der Waals surface area contributed by atoms with E-state index in [-0.39, 0.29) is 6.54 Å². The van der Waals surface area contributed by atoms with Crippen molar-refractivity contribution in [3.8, 4) is 0 Å². The zero-order valence-electron chi connectivity index (χ0n) is 8.00. The van der Waals surface area contributed by atoms with Crippen molar-refractivity contribution < 1.29 is 18.3 Å². The summed E-state index contributed by atoms with van der Waals surface area (Å²) in [5.74, 6) is -1.04. The zero-order chi connectivity index (χ0) is 10.3. The van der Waals surface area contributed by atoms with Crippen LogP contribution < -0.4 is 5.73 Å². The molecule has 0 spiro atoms. The van der Waals surface area contributed by atoms with E-state index in [1.807, 2.05) is 0 Å². The first-order valence-electron chi connectivity index (χ1n) is 4.38. The molecule has 3 nitrogen and oxygen atoms in total. The summed E-state index contributed by atoms with van der Waals surface area (Å²) in [6, 6.07) is 0. The van der Waals surface area contributed by atoms with Crippen LogP contribution in [0, 0.1) is 5.92 Å². The highest BCUT2D eigenvalue weighted by atomic mass is 19.3. The lowest BCUT2D eigenvalue weighted by Crippen LogP contribution is -2.37. The Hall–Kier alpha value is -0.260. The second kappa shape index (κ2) is 7.17. The molecule has 80 valence electrons. The molecule has 0 aromatic heterocycles. The number of ether oxygens (including phenoxy) is 2. The molecule has 1 atom stereocenters. The van der Waals surface area contributed by atoms with Crippen LogP contribution in [0.1, 0.15) is 13.8 Å². The summed E-state index contributed by atoms with van der Waals surface area (Å²) in [6.45, 7) is 4.00. The monoisotopic (exact) mass is 197 g/mol. The Morgan fingerprint density at radius 1 is 1.15 bits per heavy atom. The van der Waals surface area contributed by atoms with Gasteiger partial charge in [-0.05, 0) is 13.8 Å². The normalized spacial score (nSPS) is 14.1. The van der Waals surface area contributed by atoms with E-state index in [4.69, 9.17) is 15.2 Å². The number of halogens is 2. The van der Waals surface area contributed by atoms with Crippen LogP contribution in [-0.2, 0) is 9.47 Å². The molecule has 5 heteroatoms. The van der Waals surface area contributed by atoms with Gasteiger partial charge in [0.2, 0.25) is 6.43 Å². The molecule has 0 aromatic rings. The molecule has 13 heavy (non-hydrogen) atoms. The first kappa shape index (κ1) is 12.7. The average molecular weight is 197 g/mol. The summed E-state index contributed by atoms with van der Waals surface area (Å²) in [7, 11) is 0. The third-order valence-corrected chi connectivity index (χ3v) is 1.61. The molecular weight excluding hydrogens is 180 g/mol. The summed E-state index contributed by atoms with van der Waals surface area (Å²) in [6.07, 6.45) is -3.40. The van der Waals surface area contributed by atoms with Crippen LogP contribution in [-0.4, -0.2) is 32.5 Å². The van der Waals surface area contributed by atoms with Crippen molar-refractivity contribution in [2.24, 2.45) is 11.7 Å². The third kappa shape index (κ3) is 4.50. The van der Waals surface area contributed by atoms with Gasteiger partial charge in [-0.2, -0.15) is 0 Å². The van der Waals surface area contributed by atoms with E-state index in [1.165, 1.54) is 0 Å². The predicted octanol–water partition coefficient (Wildman–Crippen LogP) is 1.23. The predicted molar refractivity (Wildman–Crippen MR) is 45.6 cm³/mol. The minimum absolute atomic E-state index is 0.137. The average Bonchev–Trinajstić information content (AvgIpc) is 2.05. The summed E-state index contributed by atoms with van der Waals surface area (Å²) < 4.78 is 34.7. The Labute approximate surface area is 77.2 Å². The van der Waals surface area contributed by atoms with Crippen LogP contribution >= 0.6 is 0 Å². The summed E-state index contributed by atoms with van der Waals surface area (Å²) >= 11 is 0. The SMILES string of the molecule is CCOC(OCC)C(CN)C(F)F. The molecule has 0 aliphatic heterocycles. The summed E-state index contributed by atoms with van der Waals surface area (Å²) in [5, 5.41) is 0. The summed E-state index contributed by atoms with van der Waals surface area (Å²) in [4.78, 5) is 0. The van der Waals surface area contributed by atoms with Gasteiger partial charge in [-0.3, -0.25) is 0 Å². The maximum atomic E-state index is 12.4. The molecule has 0 heterocycles. The van der Waals surface area contributed by atoms with E-state index in [0.717, 1.165) is 0 Å². The fourth-order valence-electron chi connectivity index (χ4n) is 0.957. The Morgan fingerprint density at radius 2 is 1.62 bits per heavy atom. The van der Waals surface area contributed by atoms with Crippen LogP contribution in [0.3, 0.4) is 0 Å². The van der Waals surface area contributed by atoms with Gasteiger partial charge in [0, 0.05) is 19.8 Å².